The van der Waals surface area contributed by atoms with Crippen molar-refractivity contribution >= 4 is 0 Å². The van der Waals surface area contributed by atoms with E-state index in [1.165, 1.54) is 6.07 Å². The number of ether oxygens (including phenoxy) is 2. The SMILES string of the molecule is CCC1(CC#N)CCC(C)(c2cccc(Oc3ccc(F)c(F)c3)n2)OC1. The largest absolute Gasteiger partial charge is 0.439 e. The van der Waals surface area contributed by atoms with Crippen molar-refractivity contribution in [3.05, 3.63) is 53.7 Å². The first kappa shape index (κ1) is 19.2. The Morgan fingerprint density at radius 1 is 1.22 bits per heavy atom. The van der Waals surface area contributed by atoms with Gasteiger partial charge < -0.3 is 9.47 Å². The molecule has 0 radical (unpaired) electrons. The summed E-state index contributed by atoms with van der Waals surface area (Å²) in [6, 6.07) is 10.9. The molecule has 2 aromatic rings. The number of benzene rings is 1. The molecule has 0 spiro atoms. The third kappa shape index (κ3) is 4.09. The molecule has 0 N–H and O–H groups in total. The van der Waals surface area contributed by atoms with Crippen LogP contribution in [0.2, 0.25) is 0 Å². The lowest BCUT2D eigenvalue weighted by molar-refractivity contribution is -0.131. The number of halogens is 2. The predicted octanol–water partition coefficient (Wildman–Crippen LogP) is 5.49. The van der Waals surface area contributed by atoms with Crippen molar-refractivity contribution in [2.75, 3.05) is 6.61 Å². The summed E-state index contributed by atoms with van der Waals surface area (Å²) in [4.78, 5) is 4.51. The first-order chi connectivity index (χ1) is 12.9. The minimum Gasteiger partial charge on any atom is -0.439 e. The molecule has 4 nitrogen and oxygen atoms in total. The maximum absolute atomic E-state index is 13.4. The third-order valence-electron chi connectivity index (χ3n) is 5.41. The highest BCUT2D eigenvalue weighted by molar-refractivity contribution is 5.29. The summed E-state index contributed by atoms with van der Waals surface area (Å²) in [7, 11) is 0. The molecule has 1 aliphatic rings. The van der Waals surface area contributed by atoms with E-state index in [0.717, 1.165) is 31.4 Å². The van der Waals surface area contributed by atoms with Crippen LogP contribution in [-0.4, -0.2) is 11.6 Å². The molecular weight excluding hydrogens is 350 g/mol. The highest BCUT2D eigenvalue weighted by atomic mass is 19.2. The second-order valence-electron chi connectivity index (χ2n) is 7.25. The molecule has 2 unspecified atom stereocenters. The van der Waals surface area contributed by atoms with Crippen LogP contribution in [-0.2, 0) is 10.3 Å². The van der Waals surface area contributed by atoms with Crippen molar-refractivity contribution in [1.82, 2.24) is 4.98 Å². The van der Waals surface area contributed by atoms with E-state index in [1.807, 2.05) is 13.0 Å². The summed E-state index contributed by atoms with van der Waals surface area (Å²) in [5.41, 5.74) is 0.0273. The first-order valence-electron chi connectivity index (χ1n) is 9.01. The van der Waals surface area contributed by atoms with E-state index < -0.39 is 17.2 Å². The molecule has 0 saturated carbocycles. The first-order valence-corrected chi connectivity index (χ1v) is 9.01. The quantitative estimate of drug-likeness (QED) is 0.697. The van der Waals surface area contributed by atoms with E-state index in [0.29, 0.717) is 18.7 Å². The van der Waals surface area contributed by atoms with Gasteiger partial charge in [-0.2, -0.15) is 5.26 Å². The summed E-state index contributed by atoms with van der Waals surface area (Å²) in [6.07, 6.45) is 2.99. The summed E-state index contributed by atoms with van der Waals surface area (Å²) in [5.74, 6) is -1.44. The van der Waals surface area contributed by atoms with E-state index in [-0.39, 0.29) is 17.0 Å². The zero-order chi connectivity index (χ0) is 19.5. The minimum atomic E-state index is -0.973. The summed E-state index contributed by atoms with van der Waals surface area (Å²) in [5, 5.41) is 9.09. The second kappa shape index (κ2) is 7.61. The maximum Gasteiger partial charge on any atom is 0.219 e. The highest BCUT2D eigenvalue weighted by Crippen LogP contribution is 2.45. The molecule has 6 heteroatoms. The summed E-state index contributed by atoms with van der Waals surface area (Å²) < 4.78 is 38.2. The third-order valence-corrected chi connectivity index (χ3v) is 5.41. The number of nitriles is 1. The molecule has 1 aromatic carbocycles. The summed E-state index contributed by atoms with van der Waals surface area (Å²) in [6.45, 7) is 4.56. The molecule has 1 aliphatic heterocycles. The zero-order valence-corrected chi connectivity index (χ0v) is 15.5. The molecule has 0 aliphatic carbocycles. The van der Waals surface area contributed by atoms with Gasteiger partial charge >= 0.3 is 0 Å². The van der Waals surface area contributed by atoms with Gasteiger partial charge in [-0.05, 0) is 44.4 Å². The molecule has 1 saturated heterocycles. The lowest BCUT2D eigenvalue weighted by atomic mass is 9.73. The van der Waals surface area contributed by atoms with Crippen LogP contribution >= 0.6 is 0 Å². The van der Waals surface area contributed by atoms with Gasteiger partial charge in [0.2, 0.25) is 5.88 Å². The molecule has 1 fully saturated rings. The molecule has 0 bridgehead atoms. The Labute approximate surface area is 157 Å². The van der Waals surface area contributed by atoms with Crippen LogP contribution in [0.5, 0.6) is 11.6 Å². The van der Waals surface area contributed by atoms with Crippen LogP contribution in [0.3, 0.4) is 0 Å². The number of hydrogen-bond donors (Lipinski definition) is 0. The Balaban J connectivity index is 1.77. The van der Waals surface area contributed by atoms with Gasteiger partial charge in [0.05, 0.1) is 18.4 Å². The van der Waals surface area contributed by atoms with E-state index >= 15 is 0 Å². The molecule has 2 atom stereocenters. The standard InChI is InChI=1S/C21H22F2N2O2/c1-3-21(11-12-24)10-9-20(2,26-14-21)18-5-4-6-19(25-18)27-15-7-8-16(22)17(23)13-15/h4-8,13H,3,9-11,14H2,1-2H3. The molecular formula is C21H22F2N2O2. The Morgan fingerprint density at radius 2 is 2.04 bits per heavy atom. The number of nitrogens with zero attached hydrogens (tertiary/aromatic N) is 2. The lowest BCUT2D eigenvalue weighted by Crippen LogP contribution is -2.41. The van der Waals surface area contributed by atoms with Crippen molar-refractivity contribution in [3.8, 4) is 17.7 Å². The lowest BCUT2D eigenvalue weighted by Gasteiger charge is -2.43. The van der Waals surface area contributed by atoms with E-state index in [9.17, 15) is 8.78 Å². The van der Waals surface area contributed by atoms with Crippen LogP contribution in [0, 0.1) is 28.4 Å². The molecule has 142 valence electrons. The molecule has 1 aromatic heterocycles. The van der Waals surface area contributed by atoms with Crippen molar-refractivity contribution < 1.29 is 18.3 Å². The number of aromatic nitrogens is 1. The average Bonchev–Trinajstić information content (AvgIpc) is 2.67. The van der Waals surface area contributed by atoms with Crippen molar-refractivity contribution in [2.24, 2.45) is 5.41 Å². The number of rotatable bonds is 5. The summed E-state index contributed by atoms with van der Waals surface area (Å²) >= 11 is 0. The van der Waals surface area contributed by atoms with Gasteiger partial charge in [0.15, 0.2) is 11.6 Å². The van der Waals surface area contributed by atoms with Crippen LogP contribution < -0.4 is 4.74 Å². The number of pyridine rings is 1. The van der Waals surface area contributed by atoms with Gasteiger partial charge in [0.25, 0.3) is 0 Å². The fourth-order valence-electron chi connectivity index (χ4n) is 3.30. The topological polar surface area (TPSA) is 55.1 Å². The Morgan fingerprint density at radius 3 is 2.67 bits per heavy atom. The van der Waals surface area contributed by atoms with Gasteiger partial charge in [0, 0.05) is 24.0 Å². The normalized spacial score (nSPS) is 25.0. The van der Waals surface area contributed by atoms with Crippen LogP contribution in [0.25, 0.3) is 0 Å². The van der Waals surface area contributed by atoms with Gasteiger partial charge in [-0.25, -0.2) is 13.8 Å². The predicted molar refractivity (Wildman–Crippen MR) is 96.2 cm³/mol. The fraction of sp³-hybridized carbons (Fsp3) is 0.429. The smallest absolute Gasteiger partial charge is 0.219 e. The van der Waals surface area contributed by atoms with Gasteiger partial charge in [-0.1, -0.05) is 13.0 Å². The molecule has 2 heterocycles. The van der Waals surface area contributed by atoms with E-state index in [1.54, 1.807) is 12.1 Å². The maximum atomic E-state index is 13.4. The Hall–Kier alpha value is -2.52. The van der Waals surface area contributed by atoms with E-state index in [2.05, 4.69) is 18.0 Å². The monoisotopic (exact) mass is 372 g/mol. The van der Waals surface area contributed by atoms with Crippen molar-refractivity contribution in [1.29, 1.82) is 5.26 Å². The highest BCUT2D eigenvalue weighted by Gasteiger charge is 2.42. The minimum absolute atomic E-state index is 0.103. The van der Waals surface area contributed by atoms with Crippen molar-refractivity contribution in [3.63, 3.8) is 0 Å². The van der Waals surface area contributed by atoms with Gasteiger partial charge in [-0.15, -0.1) is 0 Å². The molecule has 27 heavy (non-hydrogen) atoms. The molecule has 0 amide bonds. The van der Waals surface area contributed by atoms with Crippen LogP contribution in [0.1, 0.15) is 45.2 Å². The van der Waals surface area contributed by atoms with Crippen LogP contribution in [0.4, 0.5) is 8.78 Å². The van der Waals surface area contributed by atoms with Crippen LogP contribution in [0.15, 0.2) is 36.4 Å². The Bertz CT molecular complexity index is 856. The van der Waals surface area contributed by atoms with E-state index in [4.69, 9.17) is 14.7 Å². The van der Waals surface area contributed by atoms with Gasteiger partial charge in [0.1, 0.15) is 11.4 Å². The fourth-order valence-corrected chi connectivity index (χ4v) is 3.30. The second-order valence-corrected chi connectivity index (χ2v) is 7.25. The average molecular weight is 372 g/mol. The van der Waals surface area contributed by atoms with Crippen molar-refractivity contribution in [2.45, 2.75) is 45.1 Å². The zero-order valence-electron chi connectivity index (χ0n) is 15.5. The number of hydrogen-bond acceptors (Lipinski definition) is 4. The van der Waals surface area contributed by atoms with Gasteiger partial charge in [-0.3, -0.25) is 0 Å². The molecule has 3 rings (SSSR count). The Kier molecular flexibility index (Phi) is 5.43.